The van der Waals surface area contributed by atoms with Gasteiger partial charge in [-0.3, -0.25) is 4.79 Å². The molecule has 172 valence electrons. The van der Waals surface area contributed by atoms with E-state index in [1.807, 2.05) is 0 Å². The van der Waals surface area contributed by atoms with Gasteiger partial charge in [-0.2, -0.15) is 0 Å². The van der Waals surface area contributed by atoms with Gasteiger partial charge in [0.15, 0.2) is 0 Å². The van der Waals surface area contributed by atoms with E-state index in [-0.39, 0.29) is 12.6 Å². The Morgan fingerprint density at radius 3 is 2.84 bits per heavy atom. The molecule has 2 aliphatic heterocycles. The summed E-state index contributed by atoms with van der Waals surface area (Å²) in [4.78, 5) is 15.0. The number of ether oxygens (including phenoxy) is 2. The third-order valence-electron chi connectivity index (χ3n) is 6.24. The number of β-amino-alcohol motifs (C(OH)–C–C–N with tert-alkyl or cyclic N) is 1. The van der Waals surface area contributed by atoms with Gasteiger partial charge >= 0.3 is 5.97 Å². The average Bonchev–Trinajstić information content (AvgIpc) is 3.21. The number of carbonyl (C=O) groups excluding carboxylic acids is 1. The molecule has 4 rings (SSSR count). The molecule has 0 aliphatic carbocycles. The first kappa shape index (κ1) is 23.0. The summed E-state index contributed by atoms with van der Waals surface area (Å²) >= 11 is 1.76. The van der Waals surface area contributed by atoms with Crippen LogP contribution < -0.4 is 4.74 Å². The molecule has 1 atom stereocenters. The van der Waals surface area contributed by atoms with E-state index in [9.17, 15) is 9.90 Å². The number of thiophene rings is 1. The van der Waals surface area contributed by atoms with Crippen molar-refractivity contribution in [2.45, 2.75) is 44.8 Å². The highest BCUT2D eigenvalue weighted by atomic mass is 32.1. The van der Waals surface area contributed by atoms with Gasteiger partial charge in [0.2, 0.25) is 0 Å². The molecule has 6 nitrogen and oxygen atoms in total. The number of hydrogen-bond acceptors (Lipinski definition) is 7. The van der Waals surface area contributed by atoms with Gasteiger partial charge in [-0.15, -0.1) is 11.3 Å². The van der Waals surface area contributed by atoms with Gasteiger partial charge in [0.25, 0.3) is 0 Å². The first-order chi connectivity index (χ1) is 15.6. The molecule has 2 N–H and O–H groups in total. The van der Waals surface area contributed by atoms with Crippen molar-refractivity contribution in [2.24, 2.45) is 0 Å². The Bertz CT molecular complexity index is 972. The smallest absolute Gasteiger partial charge is 0.305 e. The van der Waals surface area contributed by atoms with Crippen molar-refractivity contribution in [3.05, 3.63) is 56.8 Å². The summed E-state index contributed by atoms with van der Waals surface area (Å²) in [6, 6.07) is 8.53. The first-order valence-corrected chi connectivity index (χ1v) is 12.1. The Labute approximate surface area is 193 Å². The van der Waals surface area contributed by atoms with Crippen LogP contribution in [0.15, 0.2) is 35.2 Å². The number of aliphatic hydroxyl groups excluding tert-OH is 2. The molecule has 1 aromatic heterocycles. The van der Waals surface area contributed by atoms with Gasteiger partial charge in [-0.1, -0.05) is 11.6 Å². The first-order valence-electron chi connectivity index (χ1n) is 11.2. The standard InChI is InChI=1S/C25H31NO5S/c1-30-23(29)4-2-3-17-5-6-22-21(13-17)24(25-19(16-31-22)9-12-32-25)18-7-10-26(11-8-18)14-20(28)15-27/h5-6,9,12-13,20,27-28H,2-4,7-8,10-11,14-16H2,1H3. The van der Waals surface area contributed by atoms with Crippen LogP contribution in [0.1, 0.15) is 47.3 Å². The third kappa shape index (κ3) is 5.23. The molecule has 0 spiro atoms. The lowest BCUT2D eigenvalue weighted by Gasteiger charge is -2.31. The summed E-state index contributed by atoms with van der Waals surface area (Å²) in [6.07, 6.45) is 3.16. The van der Waals surface area contributed by atoms with Crippen LogP contribution in [0.2, 0.25) is 0 Å². The minimum Gasteiger partial charge on any atom is -0.488 e. The molecule has 0 saturated carbocycles. The van der Waals surface area contributed by atoms with Crippen molar-refractivity contribution in [1.29, 1.82) is 0 Å². The number of nitrogens with zero attached hydrogens (tertiary/aromatic N) is 1. The lowest BCUT2D eigenvalue weighted by atomic mass is 9.89. The van der Waals surface area contributed by atoms with Crippen molar-refractivity contribution in [2.75, 3.05) is 33.4 Å². The molecule has 0 amide bonds. The lowest BCUT2D eigenvalue weighted by Crippen LogP contribution is -2.38. The zero-order valence-corrected chi connectivity index (χ0v) is 19.3. The number of rotatable bonds is 7. The number of carbonyl (C=O) groups is 1. The molecule has 1 saturated heterocycles. The van der Waals surface area contributed by atoms with E-state index in [1.54, 1.807) is 11.3 Å². The van der Waals surface area contributed by atoms with Crippen molar-refractivity contribution in [3.63, 3.8) is 0 Å². The van der Waals surface area contributed by atoms with Gasteiger partial charge in [0.1, 0.15) is 12.4 Å². The summed E-state index contributed by atoms with van der Waals surface area (Å²) in [5.74, 6) is 0.734. The van der Waals surface area contributed by atoms with Gasteiger partial charge in [0.05, 0.1) is 19.8 Å². The van der Waals surface area contributed by atoms with E-state index in [1.165, 1.54) is 34.3 Å². The summed E-state index contributed by atoms with van der Waals surface area (Å²) in [6.45, 7) is 2.61. The van der Waals surface area contributed by atoms with Crippen molar-refractivity contribution < 1.29 is 24.5 Å². The molecule has 1 fully saturated rings. The topological polar surface area (TPSA) is 79.2 Å². The van der Waals surface area contributed by atoms with E-state index in [4.69, 9.17) is 14.6 Å². The molecule has 2 aliphatic rings. The minimum atomic E-state index is -0.687. The van der Waals surface area contributed by atoms with Gasteiger partial charge in [0, 0.05) is 47.6 Å². The highest BCUT2D eigenvalue weighted by Gasteiger charge is 2.26. The fourth-order valence-electron chi connectivity index (χ4n) is 4.50. The molecule has 0 bridgehead atoms. The van der Waals surface area contributed by atoms with Crippen molar-refractivity contribution >= 4 is 22.9 Å². The molecular weight excluding hydrogens is 426 g/mol. The molecule has 0 radical (unpaired) electrons. The molecule has 2 aromatic rings. The quantitative estimate of drug-likeness (QED) is 0.621. The van der Waals surface area contributed by atoms with Crippen LogP contribution in [0.5, 0.6) is 5.75 Å². The Balaban J connectivity index is 1.62. The van der Waals surface area contributed by atoms with Crippen LogP contribution in [0.3, 0.4) is 0 Å². The van der Waals surface area contributed by atoms with E-state index in [0.29, 0.717) is 19.6 Å². The zero-order valence-electron chi connectivity index (χ0n) is 18.5. The fourth-order valence-corrected chi connectivity index (χ4v) is 5.52. The van der Waals surface area contributed by atoms with E-state index in [2.05, 4.69) is 34.5 Å². The van der Waals surface area contributed by atoms with E-state index < -0.39 is 6.10 Å². The fraction of sp³-hybridized carbons (Fsp3) is 0.480. The third-order valence-corrected chi connectivity index (χ3v) is 7.21. The Kier molecular flexibility index (Phi) is 7.63. The second-order valence-electron chi connectivity index (χ2n) is 8.44. The molecule has 7 heteroatoms. The second-order valence-corrected chi connectivity index (χ2v) is 9.36. The van der Waals surface area contributed by atoms with Crippen LogP contribution in [-0.2, 0) is 22.6 Å². The number of esters is 1. The normalized spacial score (nSPS) is 17.2. The van der Waals surface area contributed by atoms with Gasteiger partial charge < -0.3 is 24.6 Å². The van der Waals surface area contributed by atoms with Gasteiger partial charge in [-0.25, -0.2) is 0 Å². The Morgan fingerprint density at radius 1 is 1.28 bits per heavy atom. The maximum Gasteiger partial charge on any atom is 0.305 e. The molecule has 1 unspecified atom stereocenters. The highest BCUT2D eigenvalue weighted by Crippen LogP contribution is 2.43. The number of methoxy groups -OCH3 is 1. The number of aryl methyl sites for hydroxylation is 1. The predicted octanol–water partition coefficient (Wildman–Crippen LogP) is 3.39. The number of hydrogen-bond donors (Lipinski definition) is 2. The Morgan fingerprint density at radius 2 is 2.09 bits per heavy atom. The zero-order chi connectivity index (χ0) is 22.5. The highest BCUT2D eigenvalue weighted by molar-refractivity contribution is 7.11. The monoisotopic (exact) mass is 457 g/mol. The maximum absolute atomic E-state index is 11.5. The van der Waals surface area contributed by atoms with Crippen molar-refractivity contribution in [1.82, 2.24) is 4.90 Å². The van der Waals surface area contributed by atoms with Crippen molar-refractivity contribution in [3.8, 4) is 5.75 Å². The lowest BCUT2D eigenvalue weighted by molar-refractivity contribution is -0.140. The second kappa shape index (κ2) is 10.6. The molecular formula is C25H31NO5S. The number of benzene rings is 1. The summed E-state index contributed by atoms with van der Waals surface area (Å²) in [5.41, 5.74) is 6.26. The Hall–Kier alpha value is -2.19. The number of aliphatic hydroxyl groups is 2. The van der Waals surface area contributed by atoms with Crippen LogP contribution >= 0.6 is 11.3 Å². The van der Waals surface area contributed by atoms with E-state index in [0.717, 1.165) is 50.1 Å². The van der Waals surface area contributed by atoms with Gasteiger partial charge in [-0.05, 0) is 54.8 Å². The summed E-state index contributed by atoms with van der Waals surface area (Å²) < 4.78 is 10.9. The summed E-state index contributed by atoms with van der Waals surface area (Å²) in [5, 5.41) is 21.1. The SMILES string of the molecule is COC(=O)CCCc1ccc2c(c1)C(=C1CCN(CC(O)CO)CC1)c1sccc1CO2. The van der Waals surface area contributed by atoms with Crippen LogP contribution in [0, 0.1) is 0 Å². The predicted molar refractivity (Wildman–Crippen MR) is 125 cm³/mol. The maximum atomic E-state index is 11.5. The van der Waals surface area contributed by atoms with Crippen LogP contribution in [0.25, 0.3) is 5.57 Å². The minimum absolute atomic E-state index is 0.174. The number of piperidine rings is 1. The van der Waals surface area contributed by atoms with E-state index >= 15 is 0 Å². The molecule has 3 heterocycles. The van der Waals surface area contributed by atoms with Crippen LogP contribution in [-0.4, -0.2) is 60.5 Å². The summed E-state index contributed by atoms with van der Waals surface area (Å²) in [7, 11) is 1.43. The largest absolute Gasteiger partial charge is 0.488 e. The number of fused-ring (bicyclic) bond motifs is 2. The molecule has 32 heavy (non-hydrogen) atoms. The van der Waals surface area contributed by atoms with Crippen LogP contribution in [0.4, 0.5) is 0 Å². The number of likely N-dealkylation sites (tertiary alicyclic amines) is 1. The molecule has 1 aromatic carbocycles. The average molecular weight is 458 g/mol.